The normalized spacial score (nSPS) is 10.4. The number of hydrogen-bond donors (Lipinski definition) is 2. The van der Waals surface area contributed by atoms with Crippen LogP contribution < -0.4 is 10.6 Å². The summed E-state index contributed by atoms with van der Waals surface area (Å²) in [5.41, 5.74) is 2.04. The van der Waals surface area contributed by atoms with Gasteiger partial charge in [-0.25, -0.2) is 4.79 Å². The van der Waals surface area contributed by atoms with Gasteiger partial charge in [0.1, 0.15) is 0 Å². The molecule has 2 aromatic rings. The second-order valence-corrected chi connectivity index (χ2v) is 5.24. The van der Waals surface area contributed by atoms with E-state index in [1.54, 1.807) is 0 Å². The first-order valence-electron chi connectivity index (χ1n) is 6.89. The minimum Gasteiger partial charge on any atom is -0.338 e. The lowest BCUT2D eigenvalue weighted by atomic mass is 10.2. The fourth-order valence-corrected chi connectivity index (χ4v) is 2.11. The Labute approximate surface area is 129 Å². The van der Waals surface area contributed by atoms with E-state index in [9.17, 15) is 4.79 Å². The minimum atomic E-state index is -0.188. The standard InChI is InChI=1S/C15H19ClN4O/c1-12-9-19-20(11-12)8-4-7-17-15(21)18-10-13-5-2-3-6-14(13)16/h2-3,5-6,9,11H,4,7-8,10H2,1H3,(H2,17,18,21). The maximum Gasteiger partial charge on any atom is 0.315 e. The zero-order valence-electron chi connectivity index (χ0n) is 12.0. The van der Waals surface area contributed by atoms with E-state index < -0.39 is 0 Å². The summed E-state index contributed by atoms with van der Waals surface area (Å²) >= 11 is 6.02. The summed E-state index contributed by atoms with van der Waals surface area (Å²) in [5.74, 6) is 0. The van der Waals surface area contributed by atoms with Crippen LogP contribution in [0.1, 0.15) is 17.5 Å². The SMILES string of the molecule is Cc1cnn(CCCNC(=O)NCc2ccccc2Cl)c1. The van der Waals surface area contributed by atoms with E-state index in [0.717, 1.165) is 24.1 Å². The number of urea groups is 1. The van der Waals surface area contributed by atoms with Crippen LogP contribution >= 0.6 is 11.6 Å². The number of halogens is 1. The van der Waals surface area contributed by atoms with Crippen molar-refractivity contribution in [2.24, 2.45) is 0 Å². The Morgan fingerprint density at radius 3 is 2.86 bits per heavy atom. The van der Waals surface area contributed by atoms with Crippen LogP contribution in [-0.4, -0.2) is 22.4 Å². The molecule has 0 atom stereocenters. The van der Waals surface area contributed by atoms with Crippen molar-refractivity contribution in [3.05, 3.63) is 52.8 Å². The van der Waals surface area contributed by atoms with Gasteiger partial charge < -0.3 is 10.6 Å². The van der Waals surface area contributed by atoms with Crippen LogP contribution in [0.3, 0.4) is 0 Å². The smallest absolute Gasteiger partial charge is 0.315 e. The van der Waals surface area contributed by atoms with Crippen molar-refractivity contribution in [1.29, 1.82) is 0 Å². The molecule has 5 nitrogen and oxygen atoms in total. The van der Waals surface area contributed by atoms with Crippen molar-refractivity contribution in [2.75, 3.05) is 6.54 Å². The molecule has 1 aromatic heterocycles. The Morgan fingerprint density at radius 1 is 1.33 bits per heavy atom. The van der Waals surface area contributed by atoms with Crippen molar-refractivity contribution in [1.82, 2.24) is 20.4 Å². The molecule has 0 aliphatic heterocycles. The molecule has 1 aromatic carbocycles. The third-order valence-corrected chi connectivity index (χ3v) is 3.38. The van der Waals surface area contributed by atoms with E-state index in [0.29, 0.717) is 18.1 Å². The number of amides is 2. The van der Waals surface area contributed by atoms with Gasteiger partial charge in [-0.05, 0) is 30.5 Å². The van der Waals surface area contributed by atoms with E-state index in [4.69, 9.17) is 11.6 Å². The summed E-state index contributed by atoms with van der Waals surface area (Å²) in [6, 6.07) is 7.27. The molecule has 0 radical (unpaired) electrons. The maximum atomic E-state index is 11.7. The Hall–Kier alpha value is -2.01. The number of carbonyl (C=O) groups is 1. The van der Waals surface area contributed by atoms with Crippen LogP contribution in [0.25, 0.3) is 0 Å². The van der Waals surface area contributed by atoms with Gasteiger partial charge in [0.25, 0.3) is 0 Å². The lowest BCUT2D eigenvalue weighted by Gasteiger charge is -2.08. The maximum absolute atomic E-state index is 11.7. The lowest BCUT2D eigenvalue weighted by Crippen LogP contribution is -2.35. The predicted octanol–water partition coefficient (Wildman–Crippen LogP) is 2.73. The molecule has 0 saturated heterocycles. The molecule has 2 rings (SSSR count). The van der Waals surface area contributed by atoms with E-state index in [-0.39, 0.29) is 6.03 Å². The average Bonchev–Trinajstić information content (AvgIpc) is 2.88. The zero-order valence-corrected chi connectivity index (χ0v) is 12.7. The first-order chi connectivity index (χ1) is 10.1. The Kier molecular flexibility index (Phi) is 5.63. The van der Waals surface area contributed by atoms with Crippen LogP contribution in [0.5, 0.6) is 0 Å². The molecular formula is C15H19ClN4O. The van der Waals surface area contributed by atoms with E-state index in [1.807, 2.05) is 48.3 Å². The number of aryl methyl sites for hydroxylation is 2. The largest absolute Gasteiger partial charge is 0.338 e. The molecule has 1 heterocycles. The van der Waals surface area contributed by atoms with Gasteiger partial charge in [0.05, 0.1) is 6.20 Å². The second kappa shape index (κ2) is 7.69. The highest BCUT2D eigenvalue weighted by Crippen LogP contribution is 2.14. The second-order valence-electron chi connectivity index (χ2n) is 4.84. The molecule has 0 fully saturated rings. The van der Waals surface area contributed by atoms with Gasteiger partial charge in [0, 0.05) is 30.9 Å². The van der Waals surface area contributed by atoms with E-state index in [1.165, 1.54) is 0 Å². The molecule has 0 saturated carbocycles. The molecule has 0 bridgehead atoms. The van der Waals surface area contributed by atoms with Crippen molar-refractivity contribution < 1.29 is 4.79 Å². The summed E-state index contributed by atoms with van der Waals surface area (Å²) in [4.78, 5) is 11.7. The van der Waals surface area contributed by atoms with Crippen LogP contribution in [0.2, 0.25) is 5.02 Å². The highest BCUT2D eigenvalue weighted by atomic mass is 35.5. The first-order valence-corrected chi connectivity index (χ1v) is 7.27. The van der Waals surface area contributed by atoms with Crippen molar-refractivity contribution in [2.45, 2.75) is 26.4 Å². The first kappa shape index (κ1) is 15.4. The summed E-state index contributed by atoms with van der Waals surface area (Å²) < 4.78 is 1.87. The summed E-state index contributed by atoms with van der Waals surface area (Å²) in [6.45, 7) is 3.82. The van der Waals surface area contributed by atoms with E-state index in [2.05, 4.69) is 15.7 Å². The highest BCUT2D eigenvalue weighted by Gasteiger charge is 2.02. The molecule has 6 heteroatoms. The highest BCUT2D eigenvalue weighted by molar-refractivity contribution is 6.31. The number of nitrogens with one attached hydrogen (secondary N) is 2. The fourth-order valence-electron chi connectivity index (χ4n) is 1.91. The molecule has 0 spiro atoms. The summed E-state index contributed by atoms with van der Waals surface area (Å²) in [6.07, 6.45) is 4.64. The molecular weight excluding hydrogens is 288 g/mol. The van der Waals surface area contributed by atoms with Crippen LogP contribution in [-0.2, 0) is 13.1 Å². The van der Waals surface area contributed by atoms with Gasteiger partial charge in [0.15, 0.2) is 0 Å². The molecule has 2 amide bonds. The van der Waals surface area contributed by atoms with Gasteiger partial charge in [-0.1, -0.05) is 29.8 Å². The third-order valence-electron chi connectivity index (χ3n) is 3.01. The molecule has 0 aliphatic rings. The quantitative estimate of drug-likeness (QED) is 0.806. The number of nitrogens with zero attached hydrogens (tertiary/aromatic N) is 2. The molecule has 112 valence electrons. The number of rotatable bonds is 6. The summed E-state index contributed by atoms with van der Waals surface area (Å²) in [7, 11) is 0. The molecule has 21 heavy (non-hydrogen) atoms. The van der Waals surface area contributed by atoms with Crippen molar-refractivity contribution in [3.63, 3.8) is 0 Å². The van der Waals surface area contributed by atoms with Crippen LogP contribution in [0.15, 0.2) is 36.7 Å². The number of carbonyl (C=O) groups excluding carboxylic acids is 1. The average molecular weight is 307 g/mol. The molecule has 0 unspecified atom stereocenters. The van der Waals surface area contributed by atoms with Gasteiger partial charge in [-0.2, -0.15) is 5.10 Å². The molecule has 2 N–H and O–H groups in total. The predicted molar refractivity (Wildman–Crippen MR) is 83.3 cm³/mol. The Bertz CT molecular complexity index is 597. The monoisotopic (exact) mass is 306 g/mol. The van der Waals surface area contributed by atoms with Gasteiger partial charge >= 0.3 is 6.03 Å². The van der Waals surface area contributed by atoms with Gasteiger partial charge in [-0.15, -0.1) is 0 Å². The lowest BCUT2D eigenvalue weighted by molar-refractivity contribution is 0.240. The van der Waals surface area contributed by atoms with Crippen LogP contribution in [0.4, 0.5) is 4.79 Å². The zero-order chi connectivity index (χ0) is 15.1. The fraction of sp³-hybridized carbons (Fsp3) is 0.333. The number of hydrogen-bond acceptors (Lipinski definition) is 2. The molecule has 0 aliphatic carbocycles. The summed E-state index contributed by atoms with van der Waals surface area (Å²) in [5, 5.41) is 10.5. The Morgan fingerprint density at radius 2 is 2.14 bits per heavy atom. The Balaban J connectivity index is 1.63. The van der Waals surface area contributed by atoms with E-state index >= 15 is 0 Å². The van der Waals surface area contributed by atoms with Gasteiger partial charge in [-0.3, -0.25) is 4.68 Å². The minimum absolute atomic E-state index is 0.188. The van der Waals surface area contributed by atoms with Crippen LogP contribution in [0, 0.1) is 6.92 Å². The number of benzene rings is 1. The topological polar surface area (TPSA) is 59.0 Å². The van der Waals surface area contributed by atoms with Gasteiger partial charge in [0.2, 0.25) is 0 Å². The third kappa shape index (κ3) is 5.11. The number of aromatic nitrogens is 2. The van der Waals surface area contributed by atoms with Crippen molar-refractivity contribution >= 4 is 17.6 Å². The van der Waals surface area contributed by atoms with Crippen molar-refractivity contribution in [3.8, 4) is 0 Å².